The highest BCUT2D eigenvalue weighted by atomic mass is 35.5. The Morgan fingerprint density at radius 2 is 1.91 bits per heavy atom. The number of halogens is 3. The van der Waals surface area contributed by atoms with E-state index in [1.54, 1.807) is 0 Å². The molecular weight excluding hydrogens is 389 g/mol. The lowest BCUT2D eigenvalue weighted by molar-refractivity contribution is 0.601. The van der Waals surface area contributed by atoms with Crippen LogP contribution in [0.25, 0.3) is 0 Å². The van der Waals surface area contributed by atoms with E-state index >= 15 is 0 Å². The third-order valence-corrected chi connectivity index (χ3v) is 5.87. The molecule has 3 rings (SSSR count). The second-order valence-corrected chi connectivity index (χ2v) is 8.17. The van der Waals surface area contributed by atoms with Crippen molar-refractivity contribution in [3.8, 4) is 0 Å². The van der Waals surface area contributed by atoms with E-state index in [0.717, 1.165) is 30.1 Å². The predicted octanol–water partition coefficient (Wildman–Crippen LogP) is 3.32. The first-order valence-electron chi connectivity index (χ1n) is 6.12. The van der Waals surface area contributed by atoms with Gasteiger partial charge < -0.3 is 5.32 Å². The summed E-state index contributed by atoms with van der Waals surface area (Å²) < 4.78 is 27.2. The van der Waals surface area contributed by atoms with Crippen molar-refractivity contribution < 1.29 is 8.42 Å². The van der Waals surface area contributed by atoms with E-state index in [2.05, 4.69) is 15.0 Å². The van der Waals surface area contributed by atoms with Gasteiger partial charge in [0.25, 0.3) is 10.0 Å². The second-order valence-electron chi connectivity index (χ2n) is 4.53. The fourth-order valence-corrected chi connectivity index (χ4v) is 4.96. The quantitative estimate of drug-likeness (QED) is 0.829. The van der Waals surface area contributed by atoms with Gasteiger partial charge in [-0.2, -0.15) is 0 Å². The number of thiazole rings is 1. The van der Waals surface area contributed by atoms with Crippen LogP contribution >= 0.6 is 46.9 Å². The van der Waals surface area contributed by atoms with Crippen LogP contribution < -0.4 is 10.0 Å². The van der Waals surface area contributed by atoms with E-state index in [1.807, 2.05) is 0 Å². The van der Waals surface area contributed by atoms with Crippen LogP contribution in [0.3, 0.4) is 0 Å². The zero-order chi connectivity index (χ0) is 15.0. The van der Waals surface area contributed by atoms with E-state index in [4.69, 9.17) is 23.2 Å². The van der Waals surface area contributed by atoms with Crippen molar-refractivity contribution >= 4 is 62.1 Å². The van der Waals surface area contributed by atoms with Gasteiger partial charge in [-0.3, -0.25) is 4.72 Å². The third kappa shape index (κ3) is 3.84. The number of rotatable bonds is 3. The fourth-order valence-electron chi connectivity index (χ4n) is 2.03. The molecule has 2 aromatic rings. The summed E-state index contributed by atoms with van der Waals surface area (Å²) in [5, 5.41) is 4.12. The molecule has 10 heteroatoms. The lowest BCUT2D eigenvalue weighted by atomic mass is 10.2. The van der Waals surface area contributed by atoms with Crippen LogP contribution in [0.2, 0.25) is 10.0 Å². The Balaban J connectivity index is 0.00000176. The normalized spacial score (nSPS) is 14.1. The summed E-state index contributed by atoms with van der Waals surface area (Å²) in [4.78, 5) is 5.41. The number of hydrogen-bond acceptors (Lipinski definition) is 5. The Morgan fingerprint density at radius 3 is 2.55 bits per heavy atom. The first kappa shape index (κ1) is 17.8. The molecule has 0 fully saturated rings. The van der Waals surface area contributed by atoms with Crippen LogP contribution in [-0.2, 0) is 23.0 Å². The minimum absolute atomic E-state index is 0. The monoisotopic (exact) mass is 399 g/mol. The highest BCUT2D eigenvalue weighted by Gasteiger charge is 2.20. The molecule has 1 aromatic heterocycles. The van der Waals surface area contributed by atoms with Gasteiger partial charge in [-0.1, -0.05) is 34.5 Å². The van der Waals surface area contributed by atoms with Crippen molar-refractivity contribution in [2.45, 2.75) is 17.9 Å². The Morgan fingerprint density at radius 1 is 1.23 bits per heavy atom. The van der Waals surface area contributed by atoms with Gasteiger partial charge in [0.1, 0.15) is 0 Å². The molecule has 0 spiro atoms. The van der Waals surface area contributed by atoms with Gasteiger partial charge in [-0.15, -0.1) is 12.4 Å². The van der Waals surface area contributed by atoms with E-state index in [-0.39, 0.29) is 27.3 Å². The van der Waals surface area contributed by atoms with Crippen molar-refractivity contribution in [2.75, 3.05) is 11.3 Å². The molecule has 0 atom stereocenters. The number of aromatic nitrogens is 1. The Bertz CT molecular complexity index is 749. The molecule has 1 aliphatic rings. The van der Waals surface area contributed by atoms with Gasteiger partial charge in [0, 0.05) is 34.4 Å². The highest BCUT2D eigenvalue weighted by Crippen LogP contribution is 2.28. The molecule has 0 saturated heterocycles. The van der Waals surface area contributed by atoms with E-state index in [0.29, 0.717) is 5.13 Å². The average Bonchev–Trinajstić information content (AvgIpc) is 2.78. The molecule has 2 N–H and O–H groups in total. The standard InChI is InChI=1S/C12H11Cl2N3O2S2.ClH/c13-7-3-8(14)5-9(4-7)21(18,19)17-12-16-10-1-2-15-6-11(10)20-12;/h3-5,15H,1-2,6H2,(H,16,17);1H. The summed E-state index contributed by atoms with van der Waals surface area (Å²) in [6.07, 6.45) is 0.802. The number of fused-ring (bicyclic) bond motifs is 1. The first-order valence-corrected chi connectivity index (χ1v) is 9.18. The summed E-state index contributed by atoms with van der Waals surface area (Å²) in [7, 11) is -3.75. The molecule has 5 nitrogen and oxygen atoms in total. The Labute approximate surface area is 148 Å². The number of sulfonamides is 1. The highest BCUT2D eigenvalue weighted by molar-refractivity contribution is 7.93. The van der Waals surface area contributed by atoms with Crippen LogP contribution in [0.15, 0.2) is 23.1 Å². The maximum absolute atomic E-state index is 12.3. The molecule has 0 bridgehead atoms. The lowest BCUT2D eigenvalue weighted by Crippen LogP contribution is -2.22. The average molecular weight is 401 g/mol. The van der Waals surface area contributed by atoms with Gasteiger partial charge in [0.05, 0.1) is 10.6 Å². The second kappa shape index (κ2) is 6.90. The van der Waals surface area contributed by atoms with Gasteiger partial charge in [-0.05, 0) is 18.2 Å². The first-order chi connectivity index (χ1) is 9.94. The van der Waals surface area contributed by atoms with Crippen molar-refractivity contribution in [3.63, 3.8) is 0 Å². The van der Waals surface area contributed by atoms with Crippen LogP contribution in [0, 0.1) is 0 Å². The summed E-state index contributed by atoms with van der Waals surface area (Å²) in [6, 6.07) is 4.19. The molecule has 22 heavy (non-hydrogen) atoms. The molecule has 0 saturated carbocycles. The molecule has 1 aromatic carbocycles. The predicted molar refractivity (Wildman–Crippen MR) is 92.0 cm³/mol. The van der Waals surface area contributed by atoms with E-state index in [9.17, 15) is 8.42 Å². The molecule has 120 valence electrons. The summed E-state index contributed by atoms with van der Waals surface area (Å²) >= 11 is 13.0. The zero-order valence-corrected chi connectivity index (χ0v) is 15.1. The molecule has 1 aliphatic heterocycles. The Kier molecular flexibility index (Phi) is 5.58. The van der Waals surface area contributed by atoms with E-state index < -0.39 is 10.0 Å². The molecular formula is C12H12Cl3N3O2S2. The number of nitrogens with one attached hydrogen (secondary N) is 2. The molecule has 0 amide bonds. The minimum Gasteiger partial charge on any atom is -0.311 e. The number of nitrogens with zero attached hydrogens (tertiary/aromatic N) is 1. The Hall–Kier alpha value is -0.570. The molecule has 0 unspecified atom stereocenters. The molecule has 0 aliphatic carbocycles. The zero-order valence-electron chi connectivity index (χ0n) is 11.1. The van der Waals surface area contributed by atoms with Crippen molar-refractivity contribution in [3.05, 3.63) is 38.8 Å². The van der Waals surface area contributed by atoms with Gasteiger partial charge in [0.15, 0.2) is 5.13 Å². The van der Waals surface area contributed by atoms with Gasteiger partial charge in [0.2, 0.25) is 0 Å². The van der Waals surface area contributed by atoms with E-state index in [1.165, 1.54) is 29.5 Å². The fraction of sp³-hybridized carbons (Fsp3) is 0.250. The number of benzene rings is 1. The maximum atomic E-state index is 12.3. The summed E-state index contributed by atoms with van der Waals surface area (Å²) in [5.74, 6) is 0. The van der Waals surface area contributed by atoms with Gasteiger partial charge in [-0.25, -0.2) is 13.4 Å². The lowest BCUT2D eigenvalue weighted by Gasteiger charge is -2.09. The third-order valence-electron chi connectivity index (χ3n) is 2.97. The van der Waals surface area contributed by atoms with Crippen molar-refractivity contribution in [2.24, 2.45) is 0 Å². The van der Waals surface area contributed by atoms with Crippen LogP contribution in [0.1, 0.15) is 10.6 Å². The topological polar surface area (TPSA) is 71.1 Å². The number of anilines is 1. The maximum Gasteiger partial charge on any atom is 0.263 e. The summed E-state index contributed by atoms with van der Waals surface area (Å²) in [6.45, 7) is 1.57. The molecule has 2 heterocycles. The summed E-state index contributed by atoms with van der Waals surface area (Å²) in [5.41, 5.74) is 0.945. The SMILES string of the molecule is Cl.O=S(=O)(Nc1nc2c(s1)CNCC2)c1cc(Cl)cc(Cl)c1. The molecule has 0 radical (unpaired) electrons. The smallest absolute Gasteiger partial charge is 0.263 e. The van der Waals surface area contributed by atoms with Crippen molar-refractivity contribution in [1.82, 2.24) is 10.3 Å². The van der Waals surface area contributed by atoms with Gasteiger partial charge >= 0.3 is 0 Å². The van der Waals surface area contributed by atoms with Crippen LogP contribution in [0.5, 0.6) is 0 Å². The van der Waals surface area contributed by atoms with Crippen molar-refractivity contribution in [1.29, 1.82) is 0 Å². The largest absolute Gasteiger partial charge is 0.311 e. The van der Waals surface area contributed by atoms with Crippen LogP contribution in [0.4, 0.5) is 5.13 Å². The minimum atomic E-state index is -3.75. The number of hydrogen-bond donors (Lipinski definition) is 2. The van der Waals surface area contributed by atoms with Crippen LogP contribution in [-0.4, -0.2) is 19.9 Å².